The first kappa shape index (κ1) is 19.0. The second kappa shape index (κ2) is 8.64. The highest BCUT2D eigenvalue weighted by Crippen LogP contribution is 2.21. The fourth-order valence-corrected chi connectivity index (χ4v) is 2.93. The lowest BCUT2D eigenvalue weighted by Crippen LogP contribution is -2.49. The normalized spacial score (nSPS) is 13.6. The number of amides is 1. The van der Waals surface area contributed by atoms with E-state index in [2.05, 4.69) is 5.32 Å². The van der Waals surface area contributed by atoms with E-state index in [-0.39, 0.29) is 6.42 Å². The molecule has 1 amide bonds. The fraction of sp³-hybridized carbons (Fsp3) is 0.444. The predicted octanol–water partition coefficient (Wildman–Crippen LogP) is 0.747. The Morgan fingerprint density at radius 1 is 1.28 bits per heavy atom. The van der Waals surface area contributed by atoms with Crippen molar-refractivity contribution in [2.45, 2.75) is 37.8 Å². The number of nitrogens with two attached hydrogens (primary N) is 2. The minimum Gasteiger partial charge on any atom is -0.480 e. The van der Waals surface area contributed by atoms with Gasteiger partial charge >= 0.3 is 5.97 Å². The van der Waals surface area contributed by atoms with Crippen LogP contribution in [0.15, 0.2) is 30.5 Å². The molecule has 1 heterocycles. The third-order valence-electron chi connectivity index (χ3n) is 4.32. The van der Waals surface area contributed by atoms with Gasteiger partial charge in [0, 0.05) is 30.6 Å². The number of aromatic nitrogens is 1. The summed E-state index contributed by atoms with van der Waals surface area (Å²) in [6, 6.07) is 6.03. The molecule has 0 fully saturated rings. The number of carboxylic acid groups (broad SMARTS) is 1. The molecule has 0 saturated heterocycles. The number of nitrogens with zero attached hydrogens (tertiary/aromatic N) is 1. The predicted molar refractivity (Wildman–Crippen MR) is 97.1 cm³/mol. The Labute approximate surface area is 147 Å². The molecule has 0 aliphatic heterocycles. The van der Waals surface area contributed by atoms with E-state index in [1.807, 2.05) is 42.1 Å². The van der Waals surface area contributed by atoms with Crippen molar-refractivity contribution in [2.24, 2.45) is 18.5 Å². The number of fused-ring (bicyclic) bond motifs is 1. The van der Waals surface area contributed by atoms with Gasteiger partial charge in [0.1, 0.15) is 6.04 Å². The van der Waals surface area contributed by atoms with E-state index >= 15 is 0 Å². The van der Waals surface area contributed by atoms with Gasteiger partial charge in [0.25, 0.3) is 0 Å². The van der Waals surface area contributed by atoms with Gasteiger partial charge < -0.3 is 26.5 Å². The molecule has 0 saturated carbocycles. The van der Waals surface area contributed by atoms with Crippen LogP contribution in [0.25, 0.3) is 10.9 Å². The number of hydrogen-bond donors (Lipinski definition) is 4. The number of nitrogens with one attached hydrogen (secondary N) is 1. The van der Waals surface area contributed by atoms with Gasteiger partial charge in [-0.1, -0.05) is 24.6 Å². The van der Waals surface area contributed by atoms with E-state index in [0.717, 1.165) is 29.3 Å². The Kier molecular flexibility index (Phi) is 6.55. The first-order chi connectivity index (χ1) is 11.9. The molecule has 2 rings (SSSR count). The number of aryl methyl sites for hydroxylation is 1. The van der Waals surface area contributed by atoms with Crippen molar-refractivity contribution in [2.75, 3.05) is 6.54 Å². The second-order valence-electron chi connectivity index (χ2n) is 6.28. The van der Waals surface area contributed by atoms with Crippen LogP contribution < -0.4 is 16.8 Å². The van der Waals surface area contributed by atoms with Gasteiger partial charge in [0.2, 0.25) is 5.91 Å². The number of carboxylic acids is 1. The number of aliphatic carboxylic acids is 1. The van der Waals surface area contributed by atoms with Gasteiger partial charge in [0.05, 0.1) is 6.04 Å². The van der Waals surface area contributed by atoms with Gasteiger partial charge in [0.15, 0.2) is 0 Å². The molecule has 0 aliphatic rings. The molecule has 1 aromatic carbocycles. The van der Waals surface area contributed by atoms with Crippen LogP contribution in [-0.2, 0) is 23.1 Å². The Morgan fingerprint density at radius 2 is 2.00 bits per heavy atom. The number of unbranched alkanes of at least 4 members (excludes halogenated alkanes) is 1. The molecule has 0 aliphatic carbocycles. The summed E-state index contributed by atoms with van der Waals surface area (Å²) in [4.78, 5) is 23.8. The highest BCUT2D eigenvalue weighted by atomic mass is 16.4. The van der Waals surface area contributed by atoms with Crippen LogP contribution in [0.5, 0.6) is 0 Å². The Balaban J connectivity index is 2.08. The first-order valence-corrected chi connectivity index (χ1v) is 8.45. The number of para-hydroxylation sites is 1. The molecule has 2 atom stereocenters. The molecule has 6 N–H and O–H groups in total. The van der Waals surface area contributed by atoms with Crippen LogP contribution in [-0.4, -0.2) is 40.2 Å². The minimum absolute atomic E-state index is 0.206. The van der Waals surface area contributed by atoms with Crippen molar-refractivity contribution in [1.29, 1.82) is 0 Å². The zero-order valence-corrected chi connectivity index (χ0v) is 14.4. The molecule has 1 aromatic heterocycles. The van der Waals surface area contributed by atoms with Crippen molar-refractivity contribution >= 4 is 22.8 Å². The van der Waals surface area contributed by atoms with Crippen molar-refractivity contribution in [3.63, 3.8) is 0 Å². The van der Waals surface area contributed by atoms with E-state index in [1.54, 1.807) is 0 Å². The quantitative estimate of drug-likeness (QED) is 0.499. The molecule has 0 radical (unpaired) electrons. The third-order valence-corrected chi connectivity index (χ3v) is 4.32. The fourth-order valence-electron chi connectivity index (χ4n) is 2.93. The van der Waals surface area contributed by atoms with Crippen molar-refractivity contribution in [3.8, 4) is 0 Å². The molecular formula is C18H26N4O3. The molecule has 1 unspecified atom stereocenters. The van der Waals surface area contributed by atoms with Gasteiger partial charge in [-0.25, -0.2) is 4.79 Å². The van der Waals surface area contributed by atoms with Crippen molar-refractivity contribution < 1.29 is 14.7 Å². The minimum atomic E-state index is -1.07. The summed E-state index contributed by atoms with van der Waals surface area (Å²) in [6.45, 7) is 0.549. The Hall–Kier alpha value is -2.38. The average molecular weight is 346 g/mol. The maximum absolute atomic E-state index is 12.2. The Bertz CT molecular complexity index is 741. The third kappa shape index (κ3) is 4.80. The number of hydrogen-bond acceptors (Lipinski definition) is 4. The lowest BCUT2D eigenvalue weighted by Gasteiger charge is -2.17. The zero-order valence-electron chi connectivity index (χ0n) is 14.4. The summed E-state index contributed by atoms with van der Waals surface area (Å²) in [5.41, 5.74) is 13.2. The number of rotatable bonds is 9. The summed E-state index contributed by atoms with van der Waals surface area (Å²) in [7, 11) is 1.91. The van der Waals surface area contributed by atoms with Crippen LogP contribution in [0.2, 0.25) is 0 Å². The summed E-state index contributed by atoms with van der Waals surface area (Å²) in [5, 5.41) is 13.0. The van der Waals surface area contributed by atoms with E-state index in [1.165, 1.54) is 0 Å². The molecule has 2 aromatic rings. The molecule has 0 bridgehead atoms. The van der Waals surface area contributed by atoms with E-state index < -0.39 is 24.0 Å². The van der Waals surface area contributed by atoms with Crippen LogP contribution in [0.4, 0.5) is 0 Å². The maximum Gasteiger partial charge on any atom is 0.326 e. The standard InChI is InChI=1S/C18H26N4O3/c1-22-11-12(13-6-2-3-8-16(13)22)10-15(18(24)25)21-17(23)14(20)7-4-5-9-19/h2-3,6,8,11,14-15H,4-5,7,9-10,19-20H2,1H3,(H,21,23)(H,24,25)/t14?,15-/m1/s1. The van der Waals surface area contributed by atoms with E-state index in [4.69, 9.17) is 11.5 Å². The van der Waals surface area contributed by atoms with Crippen LogP contribution in [0.1, 0.15) is 24.8 Å². The number of carbonyl (C=O) groups excluding carboxylic acids is 1. The molecular weight excluding hydrogens is 320 g/mol. The summed E-state index contributed by atoms with van der Waals surface area (Å²) >= 11 is 0. The average Bonchev–Trinajstić information content (AvgIpc) is 2.90. The van der Waals surface area contributed by atoms with E-state index in [0.29, 0.717) is 13.0 Å². The first-order valence-electron chi connectivity index (χ1n) is 8.45. The largest absolute Gasteiger partial charge is 0.480 e. The van der Waals surface area contributed by atoms with Crippen LogP contribution in [0, 0.1) is 0 Å². The second-order valence-corrected chi connectivity index (χ2v) is 6.28. The Morgan fingerprint density at radius 3 is 2.68 bits per heavy atom. The molecule has 0 spiro atoms. The van der Waals surface area contributed by atoms with Gasteiger partial charge in [-0.05, 0) is 31.0 Å². The van der Waals surface area contributed by atoms with Crippen LogP contribution >= 0.6 is 0 Å². The lowest BCUT2D eigenvalue weighted by molar-refractivity contribution is -0.142. The highest BCUT2D eigenvalue weighted by Gasteiger charge is 2.24. The molecule has 7 heteroatoms. The monoisotopic (exact) mass is 346 g/mol. The van der Waals surface area contributed by atoms with Crippen LogP contribution in [0.3, 0.4) is 0 Å². The van der Waals surface area contributed by atoms with Gasteiger partial charge in [-0.15, -0.1) is 0 Å². The smallest absolute Gasteiger partial charge is 0.326 e. The van der Waals surface area contributed by atoms with Crippen molar-refractivity contribution in [3.05, 3.63) is 36.0 Å². The number of benzene rings is 1. The SMILES string of the molecule is Cn1cc(C[C@@H](NC(=O)C(N)CCCCN)C(=O)O)c2ccccc21. The number of carbonyl (C=O) groups is 2. The van der Waals surface area contributed by atoms with Gasteiger partial charge in [-0.3, -0.25) is 4.79 Å². The molecule has 136 valence electrons. The lowest BCUT2D eigenvalue weighted by atomic mass is 10.0. The zero-order chi connectivity index (χ0) is 18.4. The highest BCUT2D eigenvalue weighted by molar-refractivity contribution is 5.88. The topological polar surface area (TPSA) is 123 Å². The van der Waals surface area contributed by atoms with Crippen molar-refractivity contribution in [1.82, 2.24) is 9.88 Å². The summed E-state index contributed by atoms with van der Waals surface area (Å²) < 4.78 is 1.95. The summed E-state index contributed by atoms with van der Waals surface area (Å²) in [6.07, 6.45) is 4.13. The molecule has 7 nitrogen and oxygen atoms in total. The maximum atomic E-state index is 12.2. The molecule has 25 heavy (non-hydrogen) atoms. The van der Waals surface area contributed by atoms with E-state index in [9.17, 15) is 14.7 Å². The summed E-state index contributed by atoms with van der Waals surface area (Å²) in [5.74, 6) is -1.51. The van der Waals surface area contributed by atoms with Gasteiger partial charge in [-0.2, -0.15) is 0 Å².